The molecular formula is C23H21N5O2. The Morgan fingerprint density at radius 2 is 2.07 bits per heavy atom. The van der Waals surface area contributed by atoms with Crippen molar-refractivity contribution in [2.75, 3.05) is 5.32 Å². The highest BCUT2D eigenvalue weighted by molar-refractivity contribution is 6.04. The summed E-state index contributed by atoms with van der Waals surface area (Å²) >= 11 is 0. The highest BCUT2D eigenvalue weighted by atomic mass is 16.5. The van der Waals surface area contributed by atoms with Crippen molar-refractivity contribution in [1.82, 2.24) is 19.5 Å². The van der Waals surface area contributed by atoms with E-state index in [2.05, 4.69) is 40.4 Å². The van der Waals surface area contributed by atoms with E-state index in [9.17, 15) is 4.79 Å². The van der Waals surface area contributed by atoms with Crippen LogP contribution in [0, 0.1) is 12.3 Å². The van der Waals surface area contributed by atoms with Gasteiger partial charge in [0, 0.05) is 23.0 Å². The molecule has 4 aromatic rings. The number of nitrogens with one attached hydrogen (secondary N) is 1. The second-order valence-corrected chi connectivity index (χ2v) is 8.31. The van der Waals surface area contributed by atoms with E-state index in [1.165, 1.54) is 0 Å². The summed E-state index contributed by atoms with van der Waals surface area (Å²) in [6.45, 7) is 6.29. The van der Waals surface area contributed by atoms with Crippen LogP contribution in [0.15, 0.2) is 59.4 Å². The van der Waals surface area contributed by atoms with Crippen LogP contribution in [0.1, 0.15) is 42.2 Å². The predicted molar refractivity (Wildman–Crippen MR) is 114 cm³/mol. The van der Waals surface area contributed by atoms with E-state index in [1.54, 1.807) is 10.6 Å². The molecule has 0 unspecified atom stereocenters. The van der Waals surface area contributed by atoms with Crippen LogP contribution >= 0.6 is 0 Å². The summed E-state index contributed by atoms with van der Waals surface area (Å²) in [7, 11) is 0. The molecule has 0 atom stereocenters. The minimum absolute atomic E-state index is 0.184. The number of anilines is 1. The quantitative estimate of drug-likeness (QED) is 0.535. The third-order valence-corrected chi connectivity index (χ3v) is 5.31. The fourth-order valence-electron chi connectivity index (χ4n) is 3.72. The summed E-state index contributed by atoms with van der Waals surface area (Å²) < 4.78 is 7.20. The molecule has 0 saturated heterocycles. The molecule has 0 fully saturated rings. The van der Waals surface area contributed by atoms with E-state index < -0.39 is 0 Å². The number of pyridine rings is 1. The first-order chi connectivity index (χ1) is 14.4. The van der Waals surface area contributed by atoms with E-state index in [0.29, 0.717) is 23.1 Å². The molecule has 3 aromatic heterocycles. The summed E-state index contributed by atoms with van der Waals surface area (Å²) in [5, 5.41) is 7.10. The Balaban J connectivity index is 1.42. The second-order valence-electron chi connectivity index (χ2n) is 8.31. The molecule has 5 rings (SSSR count). The predicted octanol–water partition coefficient (Wildman–Crippen LogP) is 4.76. The number of rotatable bonds is 4. The second kappa shape index (κ2) is 6.66. The highest BCUT2D eigenvalue weighted by Crippen LogP contribution is 2.43. The van der Waals surface area contributed by atoms with Gasteiger partial charge >= 0.3 is 0 Å². The van der Waals surface area contributed by atoms with Crippen LogP contribution in [0.2, 0.25) is 0 Å². The van der Waals surface area contributed by atoms with Crippen LogP contribution in [0.25, 0.3) is 22.6 Å². The number of aryl methyl sites for hydroxylation is 1. The summed E-state index contributed by atoms with van der Waals surface area (Å²) in [5.74, 6) is 0.826. The van der Waals surface area contributed by atoms with Gasteiger partial charge in [-0.2, -0.15) is 4.98 Å². The SMILES string of the molecule is Cc1ccc(-c2noc(C3=CC(C)(C)C3)n2)cc1NC(=O)c1cnc2ccccn12. The summed E-state index contributed by atoms with van der Waals surface area (Å²) in [4.78, 5) is 21.7. The molecule has 1 aliphatic rings. The van der Waals surface area contributed by atoms with Crippen molar-refractivity contribution in [2.45, 2.75) is 27.2 Å². The Morgan fingerprint density at radius 3 is 2.87 bits per heavy atom. The minimum atomic E-state index is -0.232. The van der Waals surface area contributed by atoms with Crippen molar-refractivity contribution in [3.8, 4) is 11.4 Å². The lowest BCUT2D eigenvalue weighted by atomic mass is 9.74. The van der Waals surface area contributed by atoms with Gasteiger partial charge in [0.1, 0.15) is 11.3 Å². The van der Waals surface area contributed by atoms with E-state index in [1.807, 2.05) is 49.5 Å². The minimum Gasteiger partial charge on any atom is -0.334 e. The van der Waals surface area contributed by atoms with Gasteiger partial charge in [-0.1, -0.05) is 43.3 Å². The Labute approximate surface area is 173 Å². The Bertz CT molecular complexity index is 1310. The van der Waals surface area contributed by atoms with Crippen LogP contribution in [0.5, 0.6) is 0 Å². The molecule has 1 aromatic carbocycles. The topological polar surface area (TPSA) is 85.3 Å². The number of carbonyl (C=O) groups excluding carboxylic acids is 1. The lowest BCUT2D eigenvalue weighted by Gasteiger charge is -2.30. The average molecular weight is 399 g/mol. The van der Waals surface area contributed by atoms with Crippen molar-refractivity contribution in [3.05, 3.63) is 72.0 Å². The number of hydrogen-bond acceptors (Lipinski definition) is 5. The van der Waals surface area contributed by atoms with Gasteiger partial charge in [0.25, 0.3) is 11.8 Å². The van der Waals surface area contributed by atoms with Gasteiger partial charge in [0.2, 0.25) is 5.82 Å². The van der Waals surface area contributed by atoms with Gasteiger partial charge in [-0.05, 0) is 42.5 Å². The smallest absolute Gasteiger partial charge is 0.274 e. The molecule has 1 aliphatic carbocycles. The zero-order valence-electron chi connectivity index (χ0n) is 17.0. The monoisotopic (exact) mass is 399 g/mol. The van der Waals surface area contributed by atoms with Crippen molar-refractivity contribution < 1.29 is 9.32 Å². The maximum atomic E-state index is 12.9. The van der Waals surface area contributed by atoms with E-state index >= 15 is 0 Å². The fourth-order valence-corrected chi connectivity index (χ4v) is 3.72. The number of imidazole rings is 1. The highest BCUT2D eigenvalue weighted by Gasteiger charge is 2.30. The molecule has 0 bridgehead atoms. The largest absolute Gasteiger partial charge is 0.334 e. The number of amides is 1. The van der Waals surface area contributed by atoms with E-state index in [-0.39, 0.29) is 11.3 Å². The van der Waals surface area contributed by atoms with Crippen LogP contribution in [-0.4, -0.2) is 25.4 Å². The summed E-state index contributed by atoms with van der Waals surface area (Å²) in [6.07, 6.45) is 6.46. The number of carbonyl (C=O) groups is 1. The molecule has 30 heavy (non-hydrogen) atoms. The van der Waals surface area contributed by atoms with Gasteiger partial charge in [0.05, 0.1) is 6.20 Å². The summed E-state index contributed by atoms with van der Waals surface area (Å²) in [5.41, 5.74) is 4.86. The zero-order valence-corrected chi connectivity index (χ0v) is 17.0. The normalized spacial score (nSPS) is 15.0. The molecule has 7 nitrogen and oxygen atoms in total. The molecule has 0 saturated carbocycles. The van der Waals surface area contributed by atoms with Crippen LogP contribution < -0.4 is 5.32 Å². The fraction of sp³-hybridized carbons (Fsp3) is 0.217. The molecule has 0 aliphatic heterocycles. The van der Waals surface area contributed by atoms with Crippen molar-refractivity contribution in [3.63, 3.8) is 0 Å². The van der Waals surface area contributed by atoms with Crippen LogP contribution in [-0.2, 0) is 0 Å². The van der Waals surface area contributed by atoms with E-state index in [4.69, 9.17) is 4.52 Å². The van der Waals surface area contributed by atoms with Gasteiger partial charge < -0.3 is 9.84 Å². The van der Waals surface area contributed by atoms with Gasteiger partial charge in [0.15, 0.2) is 0 Å². The molecule has 1 N–H and O–H groups in total. The maximum absolute atomic E-state index is 12.9. The standard InChI is InChI=1S/C23H21N5O2/c1-14-7-8-15(20-26-22(30-27-20)16-11-23(2,3)12-16)10-17(14)25-21(29)18-13-24-19-6-4-5-9-28(18)19/h4-11,13H,12H2,1-3H3,(H,25,29). The molecule has 150 valence electrons. The number of benzene rings is 1. The number of nitrogens with zero attached hydrogens (tertiary/aromatic N) is 4. The molecular weight excluding hydrogens is 378 g/mol. The lowest BCUT2D eigenvalue weighted by Crippen LogP contribution is -2.18. The van der Waals surface area contributed by atoms with E-state index in [0.717, 1.165) is 28.8 Å². The number of aromatic nitrogens is 4. The number of allylic oxidation sites excluding steroid dienone is 2. The number of fused-ring (bicyclic) bond motifs is 1. The first kappa shape index (κ1) is 18.3. The first-order valence-electron chi connectivity index (χ1n) is 9.80. The Morgan fingerprint density at radius 1 is 1.23 bits per heavy atom. The van der Waals surface area contributed by atoms with Crippen LogP contribution in [0.3, 0.4) is 0 Å². The first-order valence-corrected chi connectivity index (χ1v) is 9.80. The number of hydrogen-bond donors (Lipinski definition) is 1. The average Bonchev–Trinajstić information content (AvgIpc) is 3.35. The van der Waals surface area contributed by atoms with Crippen molar-refractivity contribution in [2.24, 2.45) is 5.41 Å². The molecule has 3 heterocycles. The summed E-state index contributed by atoms with van der Waals surface area (Å²) in [6, 6.07) is 11.3. The zero-order chi connectivity index (χ0) is 20.9. The van der Waals surface area contributed by atoms with Gasteiger partial charge in [-0.15, -0.1) is 0 Å². The van der Waals surface area contributed by atoms with Crippen LogP contribution in [0.4, 0.5) is 5.69 Å². The molecule has 0 spiro atoms. The maximum Gasteiger partial charge on any atom is 0.274 e. The van der Waals surface area contributed by atoms with Crippen molar-refractivity contribution >= 4 is 22.8 Å². The van der Waals surface area contributed by atoms with Crippen molar-refractivity contribution in [1.29, 1.82) is 0 Å². The molecule has 0 radical (unpaired) electrons. The van der Waals surface area contributed by atoms with Gasteiger partial charge in [-0.3, -0.25) is 9.20 Å². The third-order valence-electron chi connectivity index (χ3n) is 5.31. The van der Waals surface area contributed by atoms with Gasteiger partial charge in [-0.25, -0.2) is 4.98 Å². The Kier molecular flexibility index (Phi) is 4.06. The lowest BCUT2D eigenvalue weighted by molar-refractivity contribution is 0.102. The molecule has 7 heteroatoms. The Hall–Kier alpha value is -3.74. The molecule has 1 amide bonds. The third kappa shape index (κ3) is 3.18.